The van der Waals surface area contributed by atoms with Gasteiger partial charge in [0.05, 0.1) is 0 Å². The van der Waals surface area contributed by atoms with Crippen LogP contribution in [0.4, 0.5) is 0 Å². The molecule has 104 valence electrons. The number of Topliss-reactive ketones (excluding diaryl/α,β-unsaturated/α-hetero) is 1. The molecule has 19 heavy (non-hydrogen) atoms. The summed E-state index contributed by atoms with van der Waals surface area (Å²) < 4.78 is 0.307. The number of hydrogen-bond donors (Lipinski definition) is 0. The highest BCUT2D eigenvalue weighted by molar-refractivity contribution is 8.00. The molecule has 0 atom stereocenters. The fourth-order valence-electron chi connectivity index (χ4n) is 2.34. The highest BCUT2D eigenvalue weighted by atomic mass is 35.5. The molecule has 0 spiro atoms. The van der Waals surface area contributed by atoms with E-state index in [0.29, 0.717) is 16.2 Å². The van der Waals surface area contributed by atoms with Crippen molar-refractivity contribution < 1.29 is 4.79 Å². The molecule has 2 nitrogen and oxygen atoms in total. The zero-order chi connectivity index (χ0) is 13.9. The number of carbonyl (C=O) groups is 1. The van der Waals surface area contributed by atoms with Crippen LogP contribution in [0.3, 0.4) is 0 Å². The summed E-state index contributed by atoms with van der Waals surface area (Å²) in [6, 6.07) is 7.16. The number of hydrogen-bond acceptors (Lipinski definition) is 3. The molecule has 0 aliphatic carbocycles. The van der Waals surface area contributed by atoms with Crippen molar-refractivity contribution in [2.45, 2.75) is 25.0 Å². The van der Waals surface area contributed by atoms with Crippen LogP contribution >= 0.6 is 23.4 Å². The van der Waals surface area contributed by atoms with Crippen molar-refractivity contribution in [1.29, 1.82) is 0 Å². The van der Waals surface area contributed by atoms with Gasteiger partial charge >= 0.3 is 0 Å². The maximum atomic E-state index is 12.1. The lowest BCUT2D eigenvalue weighted by atomic mass is 10.1. The summed E-state index contributed by atoms with van der Waals surface area (Å²) in [7, 11) is 0. The van der Waals surface area contributed by atoms with Gasteiger partial charge in [0.15, 0.2) is 5.78 Å². The van der Waals surface area contributed by atoms with Gasteiger partial charge in [-0.05, 0) is 38.1 Å². The molecule has 0 bridgehead atoms. The molecule has 0 saturated carbocycles. The first kappa shape index (κ1) is 14.9. The first-order valence-corrected chi connectivity index (χ1v) is 7.98. The van der Waals surface area contributed by atoms with Crippen molar-refractivity contribution in [3.63, 3.8) is 0 Å². The third-order valence-corrected chi connectivity index (χ3v) is 4.88. The van der Waals surface area contributed by atoms with Crippen LogP contribution in [0.5, 0.6) is 0 Å². The predicted octanol–water partition coefficient (Wildman–Crippen LogP) is 3.74. The van der Waals surface area contributed by atoms with E-state index in [2.05, 4.69) is 18.7 Å². The second kappa shape index (κ2) is 6.29. The molecule has 2 rings (SSSR count). The van der Waals surface area contributed by atoms with E-state index < -0.39 is 0 Å². The van der Waals surface area contributed by atoms with Gasteiger partial charge in [-0.1, -0.05) is 11.6 Å². The summed E-state index contributed by atoms with van der Waals surface area (Å²) in [5.41, 5.74) is 0.759. The molecule has 0 amide bonds. The molecule has 4 heteroatoms. The van der Waals surface area contributed by atoms with E-state index in [1.54, 1.807) is 24.3 Å². The van der Waals surface area contributed by atoms with Crippen molar-refractivity contribution >= 4 is 29.1 Å². The van der Waals surface area contributed by atoms with Crippen molar-refractivity contribution in [3.05, 3.63) is 34.9 Å². The SMILES string of the molecule is CC1(C)CN(CCC(=O)c2ccc(Cl)cc2)CCS1. The summed E-state index contributed by atoms with van der Waals surface area (Å²) in [5.74, 6) is 1.36. The van der Waals surface area contributed by atoms with Gasteiger partial charge in [-0.15, -0.1) is 0 Å². The Morgan fingerprint density at radius 1 is 1.37 bits per heavy atom. The maximum absolute atomic E-state index is 12.1. The molecule has 1 aromatic rings. The van der Waals surface area contributed by atoms with Crippen molar-refractivity contribution in [2.75, 3.05) is 25.4 Å². The number of nitrogens with zero attached hydrogens (tertiary/aromatic N) is 1. The fraction of sp³-hybridized carbons (Fsp3) is 0.533. The zero-order valence-corrected chi connectivity index (χ0v) is 13.1. The average molecular weight is 298 g/mol. The maximum Gasteiger partial charge on any atom is 0.164 e. The van der Waals surface area contributed by atoms with Crippen molar-refractivity contribution in [3.8, 4) is 0 Å². The molecule has 0 N–H and O–H groups in total. The van der Waals surface area contributed by atoms with Crippen LogP contribution in [0.15, 0.2) is 24.3 Å². The minimum absolute atomic E-state index is 0.202. The van der Waals surface area contributed by atoms with Crippen LogP contribution in [-0.4, -0.2) is 40.8 Å². The number of ketones is 1. The smallest absolute Gasteiger partial charge is 0.164 e. The van der Waals surface area contributed by atoms with Crippen LogP contribution in [0.1, 0.15) is 30.6 Å². The Kier molecular flexibility index (Phi) is 4.93. The number of halogens is 1. The molecule has 0 unspecified atom stereocenters. The lowest BCUT2D eigenvalue weighted by Gasteiger charge is -2.37. The van der Waals surface area contributed by atoms with Crippen LogP contribution in [0.2, 0.25) is 5.02 Å². The first-order chi connectivity index (χ1) is 8.96. The van der Waals surface area contributed by atoms with E-state index in [-0.39, 0.29) is 5.78 Å². The van der Waals surface area contributed by atoms with E-state index in [1.807, 2.05) is 11.8 Å². The third-order valence-electron chi connectivity index (χ3n) is 3.33. The second-order valence-corrected chi connectivity index (χ2v) is 7.80. The van der Waals surface area contributed by atoms with E-state index in [0.717, 1.165) is 31.0 Å². The number of benzene rings is 1. The van der Waals surface area contributed by atoms with E-state index in [9.17, 15) is 4.79 Å². The predicted molar refractivity (Wildman–Crippen MR) is 83.4 cm³/mol. The highest BCUT2D eigenvalue weighted by Crippen LogP contribution is 2.29. The summed E-state index contributed by atoms with van der Waals surface area (Å²) in [6.45, 7) is 7.54. The molecule has 1 aliphatic heterocycles. The average Bonchev–Trinajstić information content (AvgIpc) is 2.36. The summed E-state index contributed by atoms with van der Waals surface area (Å²) in [5, 5.41) is 0.673. The highest BCUT2D eigenvalue weighted by Gasteiger charge is 2.26. The molecule has 1 heterocycles. The van der Waals surface area contributed by atoms with Crippen LogP contribution < -0.4 is 0 Å². The number of rotatable bonds is 4. The Morgan fingerprint density at radius 3 is 2.68 bits per heavy atom. The van der Waals surface area contributed by atoms with Gasteiger partial charge in [0.25, 0.3) is 0 Å². The number of thioether (sulfide) groups is 1. The zero-order valence-electron chi connectivity index (χ0n) is 11.5. The van der Waals surface area contributed by atoms with E-state index in [1.165, 1.54) is 0 Å². The molecule has 0 aromatic heterocycles. The van der Waals surface area contributed by atoms with Gasteiger partial charge in [0.2, 0.25) is 0 Å². The van der Waals surface area contributed by atoms with Crippen LogP contribution in [0.25, 0.3) is 0 Å². The first-order valence-electron chi connectivity index (χ1n) is 6.61. The monoisotopic (exact) mass is 297 g/mol. The normalized spacial score (nSPS) is 19.3. The van der Waals surface area contributed by atoms with E-state index >= 15 is 0 Å². The third kappa shape index (κ3) is 4.51. The van der Waals surface area contributed by atoms with Crippen molar-refractivity contribution in [1.82, 2.24) is 4.90 Å². The Balaban J connectivity index is 1.85. The van der Waals surface area contributed by atoms with Gasteiger partial charge in [0, 0.05) is 47.1 Å². The molecular weight excluding hydrogens is 278 g/mol. The van der Waals surface area contributed by atoms with Crippen molar-refractivity contribution in [2.24, 2.45) is 0 Å². The second-order valence-electron chi connectivity index (χ2n) is 5.56. The minimum atomic E-state index is 0.202. The quantitative estimate of drug-likeness (QED) is 0.790. The lowest BCUT2D eigenvalue weighted by Crippen LogP contribution is -2.43. The Bertz CT molecular complexity index is 444. The Hall–Kier alpha value is -0.510. The van der Waals surface area contributed by atoms with Gasteiger partial charge in [0.1, 0.15) is 0 Å². The standard InChI is InChI=1S/C15H20ClNOS/c1-15(2)11-17(9-10-19-15)8-7-14(18)12-3-5-13(16)6-4-12/h3-6H,7-11H2,1-2H3. The summed E-state index contributed by atoms with van der Waals surface area (Å²) in [4.78, 5) is 14.5. The Labute approximate surface area is 124 Å². The molecule has 1 aromatic carbocycles. The van der Waals surface area contributed by atoms with Gasteiger partial charge in [-0.2, -0.15) is 11.8 Å². The Morgan fingerprint density at radius 2 is 2.05 bits per heavy atom. The molecule has 0 radical (unpaired) electrons. The molecule has 1 fully saturated rings. The largest absolute Gasteiger partial charge is 0.301 e. The van der Waals surface area contributed by atoms with Crippen LogP contribution in [-0.2, 0) is 0 Å². The van der Waals surface area contributed by atoms with Gasteiger partial charge in [-0.3, -0.25) is 4.79 Å². The number of carbonyl (C=O) groups excluding carboxylic acids is 1. The van der Waals surface area contributed by atoms with Crippen LogP contribution in [0, 0.1) is 0 Å². The summed E-state index contributed by atoms with van der Waals surface area (Å²) in [6.07, 6.45) is 0.586. The molecular formula is C15H20ClNOS. The van der Waals surface area contributed by atoms with E-state index in [4.69, 9.17) is 11.6 Å². The minimum Gasteiger partial charge on any atom is -0.301 e. The fourth-order valence-corrected chi connectivity index (χ4v) is 3.65. The van der Waals surface area contributed by atoms with Gasteiger partial charge < -0.3 is 4.90 Å². The summed E-state index contributed by atoms with van der Waals surface area (Å²) >= 11 is 7.84. The van der Waals surface area contributed by atoms with Gasteiger partial charge in [-0.25, -0.2) is 0 Å². The molecule has 1 aliphatic rings. The topological polar surface area (TPSA) is 20.3 Å². The molecule has 1 saturated heterocycles. The lowest BCUT2D eigenvalue weighted by molar-refractivity contribution is 0.0962.